The number of hydrogen-bond donors (Lipinski definition) is 2. The summed E-state index contributed by atoms with van der Waals surface area (Å²) >= 11 is 11.7. The summed E-state index contributed by atoms with van der Waals surface area (Å²) in [5, 5.41) is 0.918. The molecule has 0 spiro atoms. The van der Waals surface area contributed by atoms with Crippen LogP contribution in [-0.4, -0.2) is 48.1 Å². The van der Waals surface area contributed by atoms with Crippen LogP contribution in [-0.2, 0) is 10.2 Å². The molecule has 0 aliphatic carbocycles. The Bertz CT molecular complexity index is 1130. The number of anilines is 1. The molecule has 10 nitrogen and oxygen atoms in total. The van der Waals surface area contributed by atoms with Crippen molar-refractivity contribution in [3.8, 4) is 23.0 Å². The maximum Gasteiger partial charge on any atom is 0.316 e. The van der Waals surface area contributed by atoms with E-state index in [1.807, 2.05) is 6.92 Å². The zero-order chi connectivity index (χ0) is 23.0. The van der Waals surface area contributed by atoms with Crippen LogP contribution in [0.15, 0.2) is 43.0 Å². The Morgan fingerprint density at radius 1 is 0.938 bits per heavy atom. The maximum atomic E-state index is 12.4. The lowest BCUT2D eigenvalue weighted by Crippen LogP contribution is -2.31. The van der Waals surface area contributed by atoms with Crippen LogP contribution in [0.2, 0.25) is 10.0 Å². The van der Waals surface area contributed by atoms with Gasteiger partial charge in [-0.15, -0.1) is 0 Å². The summed E-state index contributed by atoms with van der Waals surface area (Å²) in [6, 6.07) is 6.91. The van der Waals surface area contributed by atoms with Crippen LogP contribution >= 0.6 is 23.2 Å². The Balaban J connectivity index is 1.81. The summed E-state index contributed by atoms with van der Waals surface area (Å²) in [6.45, 7) is 2.34. The van der Waals surface area contributed by atoms with E-state index in [1.165, 1.54) is 18.7 Å². The number of rotatable bonds is 11. The van der Waals surface area contributed by atoms with Gasteiger partial charge in [0.1, 0.15) is 19.5 Å². The molecule has 1 aromatic carbocycles. The molecule has 2 heterocycles. The first kappa shape index (κ1) is 23.9. The molecule has 3 rings (SSSR count). The predicted octanol–water partition coefficient (Wildman–Crippen LogP) is 3.35. The van der Waals surface area contributed by atoms with E-state index in [0.29, 0.717) is 27.6 Å². The fraction of sp³-hybridized carbons (Fsp3) is 0.263. The highest BCUT2D eigenvalue weighted by Crippen LogP contribution is 2.34. The molecule has 0 radical (unpaired) electrons. The summed E-state index contributed by atoms with van der Waals surface area (Å²) in [5.74, 6) is 0.221. The fourth-order valence-corrected chi connectivity index (χ4v) is 3.66. The van der Waals surface area contributed by atoms with Gasteiger partial charge in [0.2, 0.25) is 5.88 Å². The van der Waals surface area contributed by atoms with Crippen molar-refractivity contribution in [2.45, 2.75) is 13.3 Å². The maximum absolute atomic E-state index is 12.4. The predicted molar refractivity (Wildman–Crippen MR) is 121 cm³/mol. The first-order chi connectivity index (χ1) is 15.4. The highest BCUT2D eigenvalue weighted by Gasteiger charge is 2.19. The molecule has 0 saturated heterocycles. The molecule has 13 heteroatoms. The van der Waals surface area contributed by atoms with Crippen molar-refractivity contribution in [2.24, 2.45) is 0 Å². The van der Waals surface area contributed by atoms with Crippen LogP contribution in [0.5, 0.6) is 11.9 Å². The molecule has 170 valence electrons. The number of halogens is 2. The van der Waals surface area contributed by atoms with Gasteiger partial charge in [-0.3, -0.25) is 4.72 Å². The molecule has 0 saturated carbocycles. The molecule has 0 aliphatic heterocycles. The third-order valence-corrected chi connectivity index (χ3v) is 5.36. The molecule has 0 amide bonds. The lowest BCUT2D eigenvalue weighted by Gasteiger charge is -2.15. The van der Waals surface area contributed by atoms with Crippen molar-refractivity contribution in [2.75, 3.05) is 24.5 Å². The first-order valence-electron chi connectivity index (χ1n) is 9.49. The lowest BCUT2D eigenvalue weighted by atomic mass is 10.1. The average Bonchev–Trinajstić information content (AvgIpc) is 2.77. The second-order valence-electron chi connectivity index (χ2n) is 6.29. The summed E-state index contributed by atoms with van der Waals surface area (Å²) in [5.41, 5.74) is 0.967. The topological polar surface area (TPSA) is 128 Å². The average molecular weight is 499 g/mol. The van der Waals surface area contributed by atoms with Gasteiger partial charge in [-0.05, 0) is 24.1 Å². The molecule has 0 unspecified atom stereocenters. The summed E-state index contributed by atoms with van der Waals surface area (Å²) < 4.78 is 40.8. The normalized spacial score (nSPS) is 11.2. The Morgan fingerprint density at radius 3 is 2.31 bits per heavy atom. The van der Waals surface area contributed by atoms with Gasteiger partial charge in [-0.1, -0.05) is 42.3 Å². The van der Waals surface area contributed by atoms with Crippen molar-refractivity contribution < 1.29 is 17.9 Å². The second kappa shape index (κ2) is 11.2. The third-order valence-electron chi connectivity index (χ3n) is 3.87. The zero-order valence-electron chi connectivity index (χ0n) is 17.0. The number of ether oxygens (including phenoxy) is 2. The van der Waals surface area contributed by atoms with Gasteiger partial charge in [0.25, 0.3) is 10.2 Å². The molecule has 0 atom stereocenters. The summed E-state index contributed by atoms with van der Waals surface area (Å²) in [6.07, 6.45) is 4.67. The van der Waals surface area contributed by atoms with Gasteiger partial charge < -0.3 is 9.47 Å². The van der Waals surface area contributed by atoms with Crippen LogP contribution < -0.4 is 18.9 Å². The molecule has 32 heavy (non-hydrogen) atoms. The summed E-state index contributed by atoms with van der Waals surface area (Å²) in [7, 11) is -3.84. The molecule has 2 aromatic heterocycles. The number of benzene rings is 1. The Kier molecular flexibility index (Phi) is 8.39. The molecule has 0 bridgehead atoms. The molecular formula is C19H20Cl2N6O4S. The first-order valence-corrected chi connectivity index (χ1v) is 11.7. The second-order valence-corrected chi connectivity index (χ2v) is 8.66. The molecule has 2 N–H and O–H groups in total. The minimum Gasteiger partial charge on any atom is -0.473 e. The van der Waals surface area contributed by atoms with Crippen molar-refractivity contribution in [1.82, 2.24) is 24.7 Å². The number of nitrogens with one attached hydrogen (secondary N) is 2. The van der Waals surface area contributed by atoms with Crippen LogP contribution in [0, 0.1) is 0 Å². The fourth-order valence-electron chi connectivity index (χ4n) is 2.48. The number of nitrogens with zero attached hydrogens (tertiary/aromatic N) is 4. The highest BCUT2D eigenvalue weighted by molar-refractivity contribution is 7.90. The van der Waals surface area contributed by atoms with Crippen LogP contribution in [0.1, 0.15) is 13.3 Å². The minimum atomic E-state index is -3.84. The van der Waals surface area contributed by atoms with Crippen molar-refractivity contribution in [1.29, 1.82) is 0 Å². The molecule has 3 aromatic rings. The quantitative estimate of drug-likeness (QED) is 0.385. The zero-order valence-corrected chi connectivity index (χ0v) is 19.3. The van der Waals surface area contributed by atoms with Crippen LogP contribution in [0.25, 0.3) is 11.1 Å². The van der Waals surface area contributed by atoms with Crippen molar-refractivity contribution in [3.05, 3.63) is 53.0 Å². The Hall–Kier alpha value is -2.73. The van der Waals surface area contributed by atoms with Gasteiger partial charge in [0, 0.05) is 11.6 Å². The summed E-state index contributed by atoms with van der Waals surface area (Å²) in [4.78, 5) is 16.1. The lowest BCUT2D eigenvalue weighted by molar-refractivity contribution is 0.202. The van der Waals surface area contributed by atoms with Gasteiger partial charge in [0.05, 0.1) is 23.0 Å². The van der Waals surface area contributed by atoms with Crippen molar-refractivity contribution >= 4 is 39.2 Å². The van der Waals surface area contributed by atoms with Crippen LogP contribution in [0.3, 0.4) is 0 Å². The van der Waals surface area contributed by atoms with Gasteiger partial charge >= 0.3 is 6.01 Å². The third kappa shape index (κ3) is 6.89. The van der Waals surface area contributed by atoms with E-state index >= 15 is 0 Å². The molecule has 0 aliphatic rings. The Morgan fingerprint density at radius 2 is 1.62 bits per heavy atom. The molecule has 0 fully saturated rings. The van der Waals surface area contributed by atoms with E-state index in [2.05, 4.69) is 29.4 Å². The van der Waals surface area contributed by atoms with E-state index in [1.54, 1.807) is 24.3 Å². The van der Waals surface area contributed by atoms with E-state index in [4.69, 9.17) is 32.7 Å². The molecular weight excluding hydrogens is 479 g/mol. The van der Waals surface area contributed by atoms with Gasteiger partial charge in [-0.25, -0.2) is 19.9 Å². The van der Waals surface area contributed by atoms with E-state index in [0.717, 1.165) is 0 Å². The Labute approximate surface area is 195 Å². The number of aromatic nitrogens is 4. The van der Waals surface area contributed by atoms with Gasteiger partial charge in [-0.2, -0.15) is 13.1 Å². The largest absolute Gasteiger partial charge is 0.473 e. The van der Waals surface area contributed by atoms with Crippen molar-refractivity contribution in [3.63, 3.8) is 0 Å². The van der Waals surface area contributed by atoms with E-state index in [9.17, 15) is 8.42 Å². The minimum absolute atomic E-state index is 0.0582. The SMILES string of the molecule is CCCNS(=O)(=O)Nc1ncnc(OCCOc2ncc(Cl)cn2)c1-c1ccc(Cl)cc1. The van der Waals surface area contributed by atoms with E-state index < -0.39 is 10.2 Å². The van der Waals surface area contributed by atoms with Gasteiger partial charge in [0.15, 0.2) is 5.82 Å². The highest BCUT2D eigenvalue weighted by atomic mass is 35.5. The standard InChI is InChI=1S/C19H20Cl2N6O4S/c1-2-7-26-32(28,29)27-17-16(13-3-5-14(20)6-4-13)18(25-12-24-17)30-8-9-31-19-22-10-15(21)11-23-19/h3-6,10-12,26H,2,7-9H2,1H3,(H,24,25,27). The van der Waals surface area contributed by atoms with Crippen LogP contribution in [0.4, 0.5) is 5.82 Å². The smallest absolute Gasteiger partial charge is 0.316 e. The monoisotopic (exact) mass is 498 g/mol. The van der Waals surface area contributed by atoms with E-state index in [-0.39, 0.29) is 37.5 Å². The number of hydrogen-bond acceptors (Lipinski definition) is 8.